The predicted octanol–water partition coefficient (Wildman–Crippen LogP) is 2.33. The van der Waals surface area contributed by atoms with Gasteiger partial charge >= 0.3 is 5.97 Å². The van der Waals surface area contributed by atoms with Crippen LogP contribution in [0.25, 0.3) is 0 Å². The number of alkyl halides is 1. The highest BCUT2D eigenvalue weighted by Gasteiger charge is 2.21. The highest BCUT2D eigenvalue weighted by molar-refractivity contribution is 7.16. The highest BCUT2D eigenvalue weighted by atomic mass is 35.5. The average Bonchev–Trinajstić information content (AvgIpc) is 2.53. The van der Waals surface area contributed by atoms with E-state index in [1.807, 2.05) is 13.8 Å². The van der Waals surface area contributed by atoms with Gasteiger partial charge in [-0.25, -0.2) is 4.79 Å². The van der Waals surface area contributed by atoms with Crippen molar-refractivity contribution in [2.24, 2.45) is 0 Å². The molecule has 0 atom stereocenters. The molecule has 0 spiro atoms. The Bertz CT molecular complexity index is 428. The molecule has 0 saturated carbocycles. The molecule has 0 aliphatic carbocycles. The summed E-state index contributed by atoms with van der Waals surface area (Å²) in [6.45, 7) is 3.69. The largest absolute Gasteiger partial charge is 0.465 e. The third-order valence-electron chi connectivity index (χ3n) is 2.15. The lowest BCUT2D eigenvalue weighted by atomic mass is 10.1. The minimum atomic E-state index is -0.452. The number of hydrogen-bond acceptors (Lipinski definition) is 4. The van der Waals surface area contributed by atoms with Gasteiger partial charge in [0, 0.05) is 4.88 Å². The minimum absolute atomic E-state index is 0.142. The fourth-order valence-corrected chi connectivity index (χ4v) is 2.35. The summed E-state index contributed by atoms with van der Waals surface area (Å²) >= 11 is 6.73. The third-order valence-corrected chi connectivity index (χ3v) is 3.51. The lowest BCUT2D eigenvalue weighted by Crippen LogP contribution is -2.14. The van der Waals surface area contributed by atoms with Crippen LogP contribution in [0.5, 0.6) is 0 Å². The number of aryl methyl sites for hydroxylation is 1. The van der Waals surface area contributed by atoms with Crippen LogP contribution in [0.3, 0.4) is 0 Å². The molecule has 0 unspecified atom stereocenters. The molecule has 6 heteroatoms. The van der Waals surface area contributed by atoms with Crippen molar-refractivity contribution in [1.82, 2.24) is 0 Å². The molecule has 0 aliphatic rings. The summed E-state index contributed by atoms with van der Waals surface area (Å²) in [6, 6.07) is 0. The molecule has 0 fully saturated rings. The van der Waals surface area contributed by atoms with E-state index in [-0.39, 0.29) is 11.8 Å². The van der Waals surface area contributed by atoms with Gasteiger partial charge in [0.2, 0.25) is 5.91 Å². The van der Waals surface area contributed by atoms with Gasteiger partial charge in [0.05, 0.1) is 12.7 Å². The van der Waals surface area contributed by atoms with Gasteiger partial charge in [-0.05, 0) is 19.4 Å². The molecule has 16 heavy (non-hydrogen) atoms. The van der Waals surface area contributed by atoms with Crippen molar-refractivity contribution in [1.29, 1.82) is 0 Å². The molecule has 1 rings (SSSR count). The van der Waals surface area contributed by atoms with Crippen molar-refractivity contribution in [3.05, 3.63) is 16.0 Å². The smallest absolute Gasteiger partial charge is 0.341 e. The van der Waals surface area contributed by atoms with Gasteiger partial charge < -0.3 is 10.1 Å². The topological polar surface area (TPSA) is 55.4 Å². The summed E-state index contributed by atoms with van der Waals surface area (Å²) in [6.07, 6.45) is 0. The third kappa shape index (κ3) is 2.54. The summed E-state index contributed by atoms with van der Waals surface area (Å²) in [5.74, 6) is -0.934. The first-order valence-electron chi connectivity index (χ1n) is 4.55. The Balaban J connectivity index is 3.13. The van der Waals surface area contributed by atoms with Gasteiger partial charge in [0.25, 0.3) is 0 Å². The van der Waals surface area contributed by atoms with E-state index in [2.05, 4.69) is 10.1 Å². The second kappa shape index (κ2) is 5.32. The van der Waals surface area contributed by atoms with Gasteiger partial charge in [-0.2, -0.15) is 0 Å². The van der Waals surface area contributed by atoms with Crippen molar-refractivity contribution >= 4 is 39.8 Å². The van der Waals surface area contributed by atoms with E-state index in [9.17, 15) is 9.59 Å². The van der Waals surface area contributed by atoms with Crippen molar-refractivity contribution < 1.29 is 14.3 Å². The van der Waals surface area contributed by atoms with Gasteiger partial charge in [-0.3, -0.25) is 4.79 Å². The minimum Gasteiger partial charge on any atom is -0.465 e. The molecule has 0 bridgehead atoms. The molecular formula is C10H12ClNO3S. The monoisotopic (exact) mass is 261 g/mol. The molecule has 0 radical (unpaired) electrons. The number of methoxy groups -OCH3 is 1. The molecule has 4 nitrogen and oxygen atoms in total. The van der Waals surface area contributed by atoms with Crippen LogP contribution >= 0.6 is 22.9 Å². The number of nitrogens with one attached hydrogen (secondary N) is 1. The quantitative estimate of drug-likeness (QED) is 0.671. The molecule has 1 heterocycles. The summed E-state index contributed by atoms with van der Waals surface area (Å²) < 4.78 is 4.67. The van der Waals surface area contributed by atoms with E-state index in [0.717, 1.165) is 10.4 Å². The number of amides is 1. The number of carbonyl (C=O) groups is 2. The molecule has 0 saturated heterocycles. The van der Waals surface area contributed by atoms with Crippen molar-refractivity contribution in [2.45, 2.75) is 13.8 Å². The van der Waals surface area contributed by atoms with E-state index in [1.54, 1.807) is 0 Å². The second-order valence-corrected chi connectivity index (χ2v) is 4.65. The van der Waals surface area contributed by atoms with Gasteiger partial charge in [-0.1, -0.05) is 0 Å². The number of rotatable bonds is 3. The maximum atomic E-state index is 11.5. The van der Waals surface area contributed by atoms with Crippen LogP contribution in [0, 0.1) is 13.8 Å². The normalized spacial score (nSPS) is 10.0. The Morgan fingerprint density at radius 1 is 1.44 bits per heavy atom. The summed E-state index contributed by atoms with van der Waals surface area (Å²) in [7, 11) is 1.31. The molecule has 1 amide bonds. The van der Waals surface area contributed by atoms with Crippen LogP contribution in [0.15, 0.2) is 0 Å². The van der Waals surface area contributed by atoms with Crippen molar-refractivity contribution in [3.8, 4) is 0 Å². The molecule has 0 aliphatic heterocycles. The lowest BCUT2D eigenvalue weighted by Gasteiger charge is -2.04. The predicted molar refractivity (Wildman–Crippen MR) is 64.5 cm³/mol. The van der Waals surface area contributed by atoms with Gasteiger partial charge in [0.1, 0.15) is 10.9 Å². The summed E-state index contributed by atoms with van der Waals surface area (Å²) in [4.78, 5) is 23.7. The van der Waals surface area contributed by atoms with Crippen LogP contribution in [0.2, 0.25) is 0 Å². The zero-order valence-electron chi connectivity index (χ0n) is 9.22. The zero-order chi connectivity index (χ0) is 12.3. The Morgan fingerprint density at radius 2 is 2.06 bits per heavy atom. The number of hydrogen-bond donors (Lipinski definition) is 1. The zero-order valence-corrected chi connectivity index (χ0v) is 10.8. The fraction of sp³-hybridized carbons (Fsp3) is 0.400. The van der Waals surface area contributed by atoms with Crippen LogP contribution in [0.1, 0.15) is 20.8 Å². The number of esters is 1. The first kappa shape index (κ1) is 13.0. The van der Waals surface area contributed by atoms with Crippen LogP contribution in [0.4, 0.5) is 5.00 Å². The SMILES string of the molecule is COC(=O)c1c(NC(=O)CCl)sc(C)c1C. The van der Waals surface area contributed by atoms with E-state index in [0.29, 0.717) is 10.6 Å². The molecule has 1 aromatic heterocycles. The number of thiophene rings is 1. The molecular weight excluding hydrogens is 250 g/mol. The molecule has 1 aromatic rings. The molecule has 88 valence electrons. The number of halogens is 1. The number of carbonyl (C=O) groups excluding carboxylic acids is 2. The summed E-state index contributed by atoms with van der Waals surface area (Å²) in [5, 5.41) is 3.08. The van der Waals surface area contributed by atoms with E-state index >= 15 is 0 Å². The Labute approximate surface area is 103 Å². The molecule has 0 aromatic carbocycles. The van der Waals surface area contributed by atoms with Gasteiger partial charge in [0.15, 0.2) is 0 Å². The summed E-state index contributed by atoms with van der Waals surface area (Å²) in [5.41, 5.74) is 1.23. The second-order valence-electron chi connectivity index (χ2n) is 3.16. The van der Waals surface area contributed by atoms with Gasteiger partial charge in [-0.15, -0.1) is 22.9 Å². The Morgan fingerprint density at radius 3 is 2.56 bits per heavy atom. The molecule has 1 N–H and O–H groups in total. The fourth-order valence-electron chi connectivity index (χ4n) is 1.22. The van der Waals surface area contributed by atoms with Crippen LogP contribution in [-0.2, 0) is 9.53 Å². The van der Waals surface area contributed by atoms with E-state index in [4.69, 9.17) is 11.6 Å². The lowest BCUT2D eigenvalue weighted by molar-refractivity contribution is -0.113. The number of ether oxygens (including phenoxy) is 1. The van der Waals surface area contributed by atoms with E-state index in [1.165, 1.54) is 18.4 Å². The first-order chi connectivity index (χ1) is 7.51. The highest BCUT2D eigenvalue weighted by Crippen LogP contribution is 2.32. The van der Waals surface area contributed by atoms with Crippen molar-refractivity contribution in [3.63, 3.8) is 0 Å². The van der Waals surface area contributed by atoms with Crippen LogP contribution < -0.4 is 5.32 Å². The first-order valence-corrected chi connectivity index (χ1v) is 5.90. The van der Waals surface area contributed by atoms with E-state index < -0.39 is 5.97 Å². The Hall–Kier alpha value is -1.07. The maximum absolute atomic E-state index is 11.5. The van der Waals surface area contributed by atoms with Crippen molar-refractivity contribution in [2.75, 3.05) is 18.3 Å². The standard InChI is InChI=1S/C10H12ClNO3S/c1-5-6(2)16-9(12-7(13)4-11)8(5)10(14)15-3/h4H2,1-3H3,(H,12,13). The van der Waals surface area contributed by atoms with Crippen LogP contribution in [-0.4, -0.2) is 24.9 Å². The average molecular weight is 262 g/mol. The maximum Gasteiger partial charge on any atom is 0.341 e. The Kier molecular flexibility index (Phi) is 4.32. The number of anilines is 1.